The van der Waals surface area contributed by atoms with Gasteiger partial charge in [-0.15, -0.1) is 0 Å². The summed E-state index contributed by atoms with van der Waals surface area (Å²) in [6, 6.07) is 0. The Morgan fingerprint density at radius 1 is 1.57 bits per heavy atom. The molecule has 4 heteroatoms. The van der Waals surface area contributed by atoms with Crippen LogP contribution in [0.1, 0.15) is 25.7 Å². The molecule has 1 aliphatic heterocycles. The van der Waals surface area contributed by atoms with Gasteiger partial charge in [0.25, 0.3) is 0 Å². The van der Waals surface area contributed by atoms with Crippen LogP contribution in [0.15, 0.2) is 0 Å². The molecule has 0 spiro atoms. The van der Waals surface area contributed by atoms with Crippen LogP contribution in [-0.4, -0.2) is 30.0 Å². The van der Waals surface area contributed by atoms with Crippen LogP contribution in [0.3, 0.4) is 0 Å². The molecule has 1 saturated heterocycles. The van der Waals surface area contributed by atoms with Gasteiger partial charge in [0, 0.05) is 17.5 Å². The summed E-state index contributed by atoms with van der Waals surface area (Å²) in [7, 11) is 0. The number of ether oxygens (including phenoxy) is 1. The molecule has 2 rings (SSSR count). The Kier molecular flexibility index (Phi) is 3.12. The van der Waals surface area contributed by atoms with E-state index in [1.807, 2.05) is 0 Å². The van der Waals surface area contributed by atoms with Gasteiger partial charge in [0.1, 0.15) is 0 Å². The maximum atomic E-state index is 11.8. The van der Waals surface area contributed by atoms with Crippen molar-refractivity contribution in [3.8, 4) is 0 Å². The Hall–Kier alpha value is -0.0900. The molecule has 1 heterocycles. The summed E-state index contributed by atoms with van der Waals surface area (Å²) >= 11 is 3.47. The fourth-order valence-electron chi connectivity index (χ4n) is 2.00. The number of halogens is 1. The van der Waals surface area contributed by atoms with E-state index < -0.39 is 0 Å². The number of hydrogen-bond donors (Lipinski definition) is 1. The van der Waals surface area contributed by atoms with Gasteiger partial charge in [-0.05, 0) is 25.7 Å². The van der Waals surface area contributed by atoms with Crippen LogP contribution < -0.4 is 5.32 Å². The quantitative estimate of drug-likeness (QED) is 0.782. The summed E-state index contributed by atoms with van der Waals surface area (Å²) in [5.41, 5.74) is 0.0552. The van der Waals surface area contributed by atoms with E-state index in [1.54, 1.807) is 0 Å². The van der Waals surface area contributed by atoms with E-state index in [2.05, 4.69) is 21.2 Å². The molecular weight excluding hydrogens is 246 g/mol. The SMILES string of the molecule is O=C(NC1(CBr)CCC1)C1CCOC1. The molecule has 14 heavy (non-hydrogen) atoms. The zero-order valence-corrected chi connectivity index (χ0v) is 9.81. The van der Waals surface area contributed by atoms with Crippen molar-refractivity contribution in [3.63, 3.8) is 0 Å². The first-order valence-corrected chi connectivity index (χ1v) is 6.34. The van der Waals surface area contributed by atoms with Crippen molar-refractivity contribution < 1.29 is 9.53 Å². The normalized spacial score (nSPS) is 29.6. The number of carbonyl (C=O) groups excluding carboxylic acids is 1. The van der Waals surface area contributed by atoms with Gasteiger partial charge in [0.15, 0.2) is 0 Å². The van der Waals surface area contributed by atoms with Gasteiger partial charge < -0.3 is 10.1 Å². The van der Waals surface area contributed by atoms with Crippen LogP contribution >= 0.6 is 15.9 Å². The second-order valence-electron chi connectivity index (χ2n) is 4.32. The maximum absolute atomic E-state index is 11.8. The molecule has 0 radical (unpaired) electrons. The zero-order chi connectivity index (χ0) is 10.0. The molecule has 2 aliphatic rings. The van der Waals surface area contributed by atoms with Crippen molar-refractivity contribution in [2.45, 2.75) is 31.2 Å². The monoisotopic (exact) mass is 261 g/mol. The highest BCUT2D eigenvalue weighted by atomic mass is 79.9. The third-order valence-corrected chi connectivity index (χ3v) is 4.33. The summed E-state index contributed by atoms with van der Waals surface area (Å²) < 4.78 is 5.21. The molecule has 0 bridgehead atoms. The third-order valence-electron chi connectivity index (χ3n) is 3.26. The van der Waals surface area contributed by atoms with Crippen LogP contribution in [0.2, 0.25) is 0 Å². The molecule has 2 fully saturated rings. The van der Waals surface area contributed by atoms with E-state index in [-0.39, 0.29) is 17.4 Å². The molecule has 1 saturated carbocycles. The smallest absolute Gasteiger partial charge is 0.225 e. The molecule has 1 unspecified atom stereocenters. The van der Waals surface area contributed by atoms with Gasteiger partial charge in [0.05, 0.1) is 12.5 Å². The maximum Gasteiger partial charge on any atom is 0.225 e. The molecular formula is C10H16BrNO2. The predicted molar refractivity (Wildman–Crippen MR) is 57.4 cm³/mol. The van der Waals surface area contributed by atoms with Gasteiger partial charge in [0.2, 0.25) is 5.91 Å². The number of rotatable bonds is 3. The highest BCUT2D eigenvalue weighted by Crippen LogP contribution is 2.33. The first-order valence-electron chi connectivity index (χ1n) is 5.21. The Bertz CT molecular complexity index is 217. The minimum absolute atomic E-state index is 0.0552. The van der Waals surface area contributed by atoms with Crippen molar-refractivity contribution in [2.75, 3.05) is 18.5 Å². The molecule has 1 amide bonds. The van der Waals surface area contributed by atoms with Gasteiger partial charge in [-0.3, -0.25) is 4.79 Å². The highest BCUT2D eigenvalue weighted by molar-refractivity contribution is 9.09. The average Bonchev–Trinajstić information content (AvgIpc) is 2.63. The van der Waals surface area contributed by atoms with Gasteiger partial charge >= 0.3 is 0 Å². The summed E-state index contributed by atoms with van der Waals surface area (Å²) in [6.07, 6.45) is 4.33. The van der Waals surface area contributed by atoms with Crippen molar-refractivity contribution in [3.05, 3.63) is 0 Å². The van der Waals surface area contributed by atoms with Crippen LogP contribution in [0, 0.1) is 5.92 Å². The molecule has 1 aliphatic carbocycles. The van der Waals surface area contributed by atoms with Crippen molar-refractivity contribution in [1.29, 1.82) is 0 Å². The first kappa shape index (κ1) is 10.4. The van der Waals surface area contributed by atoms with E-state index in [4.69, 9.17) is 4.74 Å². The fraction of sp³-hybridized carbons (Fsp3) is 0.900. The summed E-state index contributed by atoms with van der Waals surface area (Å²) in [4.78, 5) is 11.8. The topological polar surface area (TPSA) is 38.3 Å². The van der Waals surface area contributed by atoms with Gasteiger partial charge in [-0.1, -0.05) is 15.9 Å². The van der Waals surface area contributed by atoms with Crippen LogP contribution in [0.4, 0.5) is 0 Å². The molecule has 3 nitrogen and oxygen atoms in total. The van der Waals surface area contributed by atoms with Crippen LogP contribution in [0.25, 0.3) is 0 Å². The lowest BCUT2D eigenvalue weighted by Gasteiger charge is -2.41. The second kappa shape index (κ2) is 4.19. The number of amides is 1. The number of carbonyl (C=O) groups is 1. The largest absolute Gasteiger partial charge is 0.381 e. The predicted octanol–water partition coefficient (Wildman–Crippen LogP) is 1.46. The molecule has 0 aromatic rings. The van der Waals surface area contributed by atoms with Crippen LogP contribution in [0.5, 0.6) is 0 Å². The van der Waals surface area contributed by atoms with Gasteiger partial charge in [-0.2, -0.15) is 0 Å². The molecule has 0 aromatic heterocycles. The standard InChI is InChI=1S/C10H16BrNO2/c11-7-10(3-1-4-10)12-9(13)8-2-5-14-6-8/h8H,1-7H2,(H,12,13). The average molecular weight is 262 g/mol. The molecule has 1 N–H and O–H groups in total. The summed E-state index contributed by atoms with van der Waals surface area (Å²) in [6.45, 7) is 1.34. The Morgan fingerprint density at radius 2 is 2.36 bits per heavy atom. The van der Waals surface area contributed by atoms with E-state index in [0.717, 1.165) is 31.2 Å². The summed E-state index contributed by atoms with van der Waals surface area (Å²) in [5.74, 6) is 0.271. The Balaban J connectivity index is 1.86. The number of alkyl halides is 1. The minimum Gasteiger partial charge on any atom is -0.381 e. The van der Waals surface area contributed by atoms with Crippen LogP contribution in [-0.2, 0) is 9.53 Å². The molecule has 80 valence electrons. The highest BCUT2D eigenvalue weighted by Gasteiger charge is 2.39. The lowest BCUT2D eigenvalue weighted by molar-refractivity contribution is -0.127. The lowest BCUT2D eigenvalue weighted by atomic mass is 9.78. The van der Waals surface area contributed by atoms with Gasteiger partial charge in [-0.25, -0.2) is 0 Å². The number of hydrogen-bond acceptors (Lipinski definition) is 2. The van der Waals surface area contributed by atoms with Crippen molar-refractivity contribution in [1.82, 2.24) is 5.32 Å². The zero-order valence-electron chi connectivity index (χ0n) is 8.22. The Labute approximate surface area is 92.7 Å². The van der Waals surface area contributed by atoms with E-state index in [9.17, 15) is 4.79 Å². The summed E-state index contributed by atoms with van der Waals surface area (Å²) in [5, 5.41) is 4.03. The molecule has 0 aromatic carbocycles. The second-order valence-corrected chi connectivity index (χ2v) is 4.88. The molecule has 1 atom stereocenters. The number of nitrogens with one attached hydrogen (secondary N) is 1. The minimum atomic E-state index is 0.0552. The van der Waals surface area contributed by atoms with E-state index in [1.165, 1.54) is 6.42 Å². The van der Waals surface area contributed by atoms with E-state index >= 15 is 0 Å². The van der Waals surface area contributed by atoms with Crippen molar-refractivity contribution >= 4 is 21.8 Å². The fourth-order valence-corrected chi connectivity index (χ4v) is 2.70. The van der Waals surface area contributed by atoms with Crippen molar-refractivity contribution in [2.24, 2.45) is 5.92 Å². The first-order chi connectivity index (χ1) is 6.76. The Morgan fingerprint density at radius 3 is 2.79 bits per heavy atom. The third kappa shape index (κ3) is 1.96. The van der Waals surface area contributed by atoms with E-state index in [0.29, 0.717) is 6.61 Å². The lowest BCUT2D eigenvalue weighted by Crippen LogP contribution is -2.56.